The zero-order chi connectivity index (χ0) is 27.7. The lowest BCUT2D eigenvalue weighted by Gasteiger charge is -2.29. The van der Waals surface area contributed by atoms with E-state index in [0.29, 0.717) is 35.3 Å². The molecule has 5 rings (SSSR count). The molecule has 0 bridgehead atoms. The quantitative estimate of drug-likeness (QED) is 0.294. The smallest absolute Gasteiger partial charge is 0.229 e. The van der Waals surface area contributed by atoms with Crippen LogP contribution in [0.25, 0.3) is 22.3 Å². The molecule has 0 spiro atoms. The van der Waals surface area contributed by atoms with Gasteiger partial charge in [-0.3, -0.25) is 4.90 Å². The molecule has 4 N–H and O–H groups in total. The highest BCUT2D eigenvalue weighted by Crippen LogP contribution is 2.30. The molecule has 11 heteroatoms. The molecule has 0 radical (unpaired) electrons. The molecule has 0 fully saturated rings. The van der Waals surface area contributed by atoms with Gasteiger partial charge in [-0.2, -0.15) is 0 Å². The molecule has 0 aliphatic carbocycles. The fourth-order valence-corrected chi connectivity index (χ4v) is 5.26. The van der Waals surface area contributed by atoms with E-state index < -0.39 is 11.6 Å². The molecule has 9 nitrogen and oxygen atoms in total. The first-order valence-electron chi connectivity index (χ1n) is 13.3. The van der Waals surface area contributed by atoms with E-state index in [1.54, 1.807) is 6.07 Å². The van der Waals surface area contributed by atoms with Crippen molar-refractivity contribution in [3.63, 3.8) is 0 Å². The topological polar surface area (TPSA) is 110 Å². The summed E-state index contributed by atoms with van der Waals surface area (Å²) in [5.41, 5.74) is 9.19. The minimum absolute atomic E-state index is 0.00779. The number of benzene rings is 1. The molecule has 39 heavy (non-hydrogen) atoms. The monoisotopic (exact) mass is 535 g/mol. The van der Waals surface area contributed by atoms with Gasteiger partial charge >= 0.3 is 0 Å². The predicted octanol–water partition coefficient (Wildman–Crippen LogP) is 4.09. The molecule has 1 aliphatic heterocycles. The first-order valence-corrected chi connectivity index (χ1v) is 13.3. The van der Waals surface area contributed by atoms with Crippen molar-refractivity contribution in [3.8, 4) is 11.3 Å². The summed E-state index contributed by atoms with van der Waals surface area (Å²) in [5, 5.41) is 6.34. The zero-order valence-electron chi connectivity index (χ0n) is 22.8. The number of imidazole rings is 1. The summed E-state index contributed by atoms with van der Waals surface area (Å²) in [5.74, 6) is 0.298. The second-order valence-corrected chi connectivity index (χ2v) is 10.3. The van der Waals surface area contributed by atoms with Crippen LogP contribution >= 0.6 is 0 Å². The SMILES string of the molecule is CNC(CN)CCN1CCc2nc(Nc3ncc(F)c(-c4cc(F)c5nc(C)n(C(C)C)c5c4)n3)ccc2C1. The Labute approximate surface area is 226 Å². The minimum atomic E-state index is -0.639. The lowest BCUT2D eigenvalue weighted by atomic mass is 10.0. The maximum Gasteiger partial charge on any atom is 0.229 e. The Morgan fingerprint density at radius 1 is 1.10 bits per heavy atom. The van der Waals surface area contributed by atoms with Crippen LogP contribution in [0.5, 0.6) is 0 Å². The number of hydrogen-bond donors (Lipinski definition) is 3. The molecule has 0 saturated heterocycles. The third-order valence-corrected chi connectivity index (χ3v) is 7.31. The molecule has 4 heterocycles. The van der Waals surface area contributed by atoms with Crippen LogP contribution in [0.15, 0.2) is 30.5 Å². The number of pyridine rings is 1. The number of nitrogens with zero attached hydrogens (tertiary/aromatic N) is 6. The summed E-state index contributed by atoms with van der Waals surface area (Å²) in [6.45, 7) is 9.17. The number of aromatic nitrogens is 5. The number of anilines is 2. The standard InChI is InChI=1S/C28H35F2N9/c1-16(2)39-17(3)34-27-21(29)11-19(12-24(27)39)26-22(30)14-33-28(37-26)36-25-6-5-18-15-38(10-8-23(18)35-25)9-7-20(13-31)32-4/h5-6,11-12,14,16,20,32H,7-10,13,15,31H2,1-4H3,(H,33,35,36,37). The highest BCUT2D eigenvalue weighted by Gasteiger charge is 2.20. The molecule has 1 aliphatic rings. The molecular weight excluding hydrogens is 500 g/mol. The second-order valence-electron chi connectivity index (χ2n) is 10.3. The first-order chi connectivity index (χ1) is 18.8. The van der Waals surface area contributed by atoms with Gasteiger partial charge in [-0.25, -0.2) is 28.7 Å². The molecule has 0 amide bonds. The van der Waals surface area contributed by atoms with E-state index in [2.05, 4.69) is 36.6 Å². The Bertz CT molecular complexity index is 1480. The Morgan fingerprint density at radius 2 is 1.92 bits per heavy atom. The Balaban J connectivity index is 1.36. The van der Waals surface area contributed by atoms with E-state index in [9.17, 15) is 4.39 Å². The summed E-state index contributed by atoms with van der Waals surface area (Å²) in [7, 11) is 1.94. The van der Waals surface area contributed by atoms with E-state index in [-0.39, 0.29) is 23.2 Å². The predicted molar refractivity (Wildman–Crippen MR) is 149 cm³/mol. The van der Waals surface area contributed by atoms with Crippen molar-refractivity contribution in [2.24, 2.45) is 5.73 Å². The van der Waals surface area contributed by atoms with E-state index in [1.165, 1.54) is 11.6 Å². The zero-order valence-corrected chi connectivity index (χ0v) is 22.8. The summed E-state index contributed by atoms with van der Waals surface area (Å²) in [4.78, 5) is 20.0. The Kier molecular flexibility index (Phi) is 7.83. The van der Waals surface area contributed by atoms with Crippen LogP contribution in [0.1, 0.15) is 43.4 Å². The fraction of sp³-hybridized carbons (Fsp3) is 0.429. The van der Waals surface area contributed by atoms with Crippen molar-refractivity contribution in [2.75, 3.05) is 32.0 Å². The third kappa shape index (κ3) is 5.61. The minimum Gasteiger partial charge on any atom is -0.329 e. The van der Waals surface area contributed by atoms with Gasteiger partial charge in [0.1, 0.15) is 22.9 Å². The van der Waals surface area contributed by atoms with Gasteiger partial charge in [-0.1, -0.05) is 6.07 Å². The van der Waals surface area contributed by atoms with Gasteiger partial charge in [0, 0.05) is 55.9 Å². The first kappa shape index (κ1) is 27.0. The van der Waals surface area contributed by atoms with Crippen molar-refractivity contribution >= 4 is 22.8 Å². The highest BCUT2D eigenvalue weighted by molar-refractivity contribution is 5.83. The Hall–Kier alpha value is -3.54. The number of halogens is 2. The Morgan fingerprint density at radius 3 is 2.67 bits per heavy atom. The molecular formula is C28H35F2N9. The van der Waals surface area contributed by atoms with Crippen molar-refractivity contribution < 1.29 is 8.78 Å². The molecule has 1 atom stereocenters. The number of likely N-dealkylation sites (N-methyl/N-ethyl adjacent to an activating group) is 1. The lowest BCUT2D eigenvalue weighted by Crippen LogP contribution is -2.39. The van der Waals surface area contributed by atoms with E-state index >= 15 is 4.39 Å². The average molecular weight is 536 g/mol. The van der Waals surface area contributed by atoms with Crippen molar-refractivity contribution in [3.05, 3.63) is 59.2 Å². The van der Waals surface area contributed by atoms with Gasteiger partial charge in [0.15, 0.2) is 11.6 Å². The fourth-order valence-electron chi connectivity index (χ4n) is 5.26. The summed E-state index contributed by atoms with van der Waals surface area (Å²) in [6, 6.07) is 7.30. The maximum atomic E-state index is 15.0. The van der Waals surface area contributed by atoms with Crippen molar-refractivity contribution in [1.29, 1.82) is 0 Å². The van der Waals surface area contributed by atoms with Crippen LogP contribution in [0.3, 0.4) is 0 Å². The van der Waals surface area contributed by atoms with Gasteiger partial charge in [0.25, 0.3) is 0 Å². The number of hydrogen-bond acceptors (Lipinski definition) is 8. The maximum absolute atomic E-state index is 15.0. The summed E-state index contributed by atoms with van der Waals surface area (Å²) < 4.78 is 31.8. The third-order valence-electron chi connectivity index (χ3n) is 7.31. The van der Waals surface area contributed by atoms with Crippen LogP contribution in [-0.2, 0) is 13.0 Å². The van der Waals surface area contributed by atoms with Gasteiger partial charge in [-0.15, -0.1) is 0 Å². The molecule has 1 unspecified atom stereocenters. The van der Waals surface area contributed by atoms with Gasteiger partial charge in [0.05, 0.1) is 11.7 Å². The van der Waals surface area contributed by atoms with Crippen LogP contribution in [-0.4, -0.2) is 62.1 Å². The lowest BCUT2D eigenvalue weighted by molar-refractivity contribution is 0.239. The van der Waals surface area contributed by atoms with Gasteiger partial charge in [-0.05, 0) is 58.0 Å². The van der Waals surface area contributed by atoms with Crippen LogP contribution in [0.2, 0.25) is 0 Å². The van der Waals surface area contributed by atoms with Crippen LogP contribution in [0, 0.1) is 18.6 Å². The molecule has 3 aromatic heterocycles. The summed E-state index contributed by atoms with van der Waals surface area (Å²) >= 11 is 0. The van der Waals surface area contributed by atoms with Crippen molar-refractivity contribution in [1.82, 2.24) is 34.7 Å². The van der Waals surface area contributed by atoms with Gasteiger partial charge in [0.2, 0.25) is 5.95 Å². The second kappa shape index (κ2) is 11.3. The normalized spacial score (nSPS) is 14.7. The number of nitrogens with two attached hydrogens (primary N) is 1. The van der Waals surface area contributed by atoms with Gasteiger partial charge < -0.3 is 20.9 Å². The van der Waals surface area contributed by atoms with Crippen LogP contribution < -0.4 is 16.4 Å². The molecule has 1 aromatic carbocycles. The van der Waals surface area contributed by atoms with Crippen LogP contribution in [0.4, 0.5) is 20.5 Å². The van der Waals surface area contributed by atoms with E-state index in [4.69, 9.17) is 10.7 Å². The highest BCUT2D eigenvalue weighted by atomic mass is 19.1. The number of aryl methyl sites for hydroxylation is 1. The van der Waals surface area contributed by atoms with E-state index in [0.717, 1.165) is 44.4 Å². The number of rotatable bonds is 9. The molecule has 4 aromatic rings. The molecule has 0 saturated carbocycles. The number of nitrogens with one attached hydrogen (secondary N) is 2. The van der Waals surface area contributed by atoms with Crippen molar-refractivity contribution in [2.45, 2.75) is 52.2 Å². The molecule has 206 valence electrons. The average Bonchev–Trinajstić information content (AvgIpc) is 3.27. The van der Waals surface area contributed by atoms with E-state index in [1.807, 2.05) is 38.5 Å². The number of fused-ring (bicyclic) bond motifs is 2. The summed E-state index contributed by atoms with van der Waals surface area (Å²) in [6.07, 6.45) is 2.92. The largest absolute Gasteiger partial charge is 0.329 e.